The smallest absolute Gasteiger partial charge is 1.00 e. The predicted molar refractivity (Wildman–Crippen MR) is 84.3 cm³/mol. The van der Waals surface area contributed by atoms with E-state index in [1.54, 1.807) is 0 Å². The molecule has 0 aromatic carbocycles. The summed E-state index contributed by atoms with van der Waals surface area (Å²) >= 11 is 0. The van der Waals surface area contributed by atoms with E-state index in [0.29, 0.717) is 0 Å². The third kappa shape index (κ3) is 11.8. The van der Waals surface area contributed by atoms with Crippen LogP contribution in [0.25, 0.3) is 0 Å². The van der Waals surface area contributed by atoms with Crippen LogP contribution in [-0.4, -0.2) is 17.1 Å². The fourth-order valence-electron chi connectivity index (χ4n) is 1.71. The summed E-state index contributed by atoms with van der Waals surface area (Å²) in [5.41, 5.74) is 0. The van der Waals surface area contributed by atoms with Crippen LogP contribution in [0.1, 0.15) is 12.8 Å². The molecule has 2 rings (SSSR count). The fourth-order valence-corrected chi connectivity index (χ4v) is 3.95. The molecule has 0 unspecified atom stereocenters. The molecule has 0 aromatic rings. The van der Waals surface area contributed by atoms with Crippen LogP contribution in [0.5, 0.6) is 0 Å². The van der Waals surface area contributed by atoms with Crippen LogP contribution >= 0.6 is 0 Å². The maximum Gasteiger partial charge on any atom is 4.00 e. The van der Waals surface area contributed by atoms with Crippen molar-refractivity contribution in [3.63, 3.8) is 0 Å². The van der Waals surface area contributed by atoms with E-state index in [-0.39, 0.29) is 51.0 Å². The van der Waals surface area contributed by atoms with Gasteiger partial charge in [0.15, 0.2) is 0 Å². The van der Waals surface area contributed by atoms with Gasteiger partial charge in [-0.25, -0.2) is 12.2 Å². The Morgan fingerprint density at radius 3 is 2.10 bits per heavy atom. The molecule has 0 atom stereocenters. The zero-order chi connectivity index (χ0) is 13.6. The Morgan fingerprint density at radius 1 is 1.14 bits per heavy atom. The molecule has 0 spiro atoms. The van der Waals surface area contributed by atoms with Gasteiger partial charge in [-0.05, 0) is 19.6 Å². The molecule has 0 heterocycles. The predicted octanol–water partition coefficient (Wildman–Crippen LogP) is -1.81. The SMILES string of the molecule is C[SiH](C)C1=[C-]CC=C1O[Si](C)(C)C.[C-]1=CC=CC1.[Cl-].[Cl-].[Zr+4]. The van der Waals surface area contributed by atoms with E-state index in [4.69, 9.17) is 4.43 Å². The second kappa shape index (κ2) is 13.1. The molecule has 2 aliphatic rings. The van der Waals surface area contributed by atoms with Crippen molar-refractivity contribution in [1.29, 1.82) is 0 Å². The molecule has 0 fully saturated rings. The van der Waals surface area contributed by atoms with E-state index in [1.165, 1.54) is 5.20 Å². The molecule has 0 radical (unpaired) electrons. The van der Waals surface area contributed by atoms with Crippen molar-refractivity contribution >= 4 is 17.1 Å². The van der Waals surface area contributed by atoms with E-state index in [0.717, 1.165) is 18.6 Å². The molecular weight excluding hydrogens is 414 g/mol. The Kier molecular flexibility index (Phi) is 16.6. The first-order chi connectivity index (χ1) is 8.40. The number of allylic oxidation sites excluding steroid dienone is 7. The molecule has 21 heavy (non-hydrogen) atoms. The Labute approximate surface area is 164 Å². The van der Waals surface area contributed by atoms with Crippen molar-refractivity contribution in [2.24, 2.45) is 0 Å². The maximum absolute atomic E-state index is 6.01. The summed E-state index contributed by atoms with van der Waals surface area (Å²) < 4.78 is 6.01. The number of hydrogen-bond donors (Lipinski definition) is 0. The minimum atomic E-state index is -1.42. The van der Waals surface area contributed by atoms with Gasteiger partial charge in [0.1, 0.15) is 0 Å². The average Bonchev–Trinajstić information content (AvgIpc) is 2.85. The first-order valence-corrected chi connectivity index (χ1v) is 12.9. The summed E-state index contributed by atoms with van der Waals surface area (Å²) in [6.07, 6.45) is 16.6. The number of halogens is 2. The van der Waals surface area contributed by atoms with Gasteiger partial charge in [-0.2, -0.15) is 11.3 Å². The molecule has 0 bridgehead atoms. The largest absolute Gasteiger partial charge is 4.00 e. The van der Waals surface area contributed by atoms with Crippen molar-refractivity contribution in [2.75, 3.05) is 0 Å². The second-order valence-corrected chi connectivity index (χ2v) is 13.1. The molecule has 1 nitrogen and oxygen atoms in total. The first-order valence-electron chi connectivity index (χ1n) is 6.62. The number of rotatable bonds is 3. The quantitative estimate of drug-likeness (QED) is 0.373. The molecule has 0 N–H and O–H groups in total. The zero-order valence-electron chi connectivity index (χ0n) is 13.5. The normalized spacial score (nSPS) is 15.0. The third-order valence-electron chi connectivity index (χ3n) is 2.42. The van der Waals surface area contributed by atoms with Gasteiger partial charge in [0, 0.05) is 8.80 Å². The summed E-state index contributed by atoms with van der Waals surface area (Å²) in [6.45, 7) is 11.3. The molecular formula is C15H24Cl2OSi2Zr. The molecule has 0 aliphatic heterocycles. The van der Waals surface area contributed by atoms with Crippen LogP contribution in [0, 0.1) is 12.2 Å². The Hall–Kier alpha value is 0.657. The topological polar surface area (TPSA) is 9.23 Å². The van der Waals surface area contributed by atoms with Crippen molar-refractivity contribution in [3.8, 4) is 0 Å². The van der Waals surface area contributed by atoms with Gasteiger partial charge >= 0.3 is 26.2 Å². The van der Waals surface area contributed by atoms with E-state index in [2.05, 4.69) is 57.0 Å². The fraction of sp³-hybridized carbons (Fsp3) is 0.467. The van der Waals surface area contributed by atoms with Gasteiger partial charge in [-0.3, -0.25) is 12.2 Å². The monoisotopic (exact) mass is 436 g/mol. The summed E-state index contributed by atoms with van der Waals surface area (Å²) in [6, 6.07) is 0. The van der Waals surface area contributed by atoms with E-state index in [1.807, 2.05) is 12.2 Å². The van der Waals surface area contributed by atoms with Gasteiger partial charge in [-0.15, -0.1) is 18.9 Å². The first kappa shape index (κ1) is 26.5. The zero-order valence-corrected chi connectivity index (χ0v) is 19.6. The summed E-state index contributed by atoms with van der Waals surface area (Å²) in [5, 5.41) is 1.41. The van der Waals surface area contributed by atoms with E-state index >= 15 is 0 Å². The Balaban J connectivity index is -0.000000349. The van der Waals surface area contributed by atoms with Gasteiger partial charge < -0.3 is 29.2 Å². The van der Waals surface area contributed by atoms with Gasteiger partial charge in [0.2, 0.25) is 8.32 Å². The van der Waals surface area contributed by atoms with Crippen LogP contribution in [0.4, 0.5) is 0 Å². The maximum atomic E-state index is 6.01. The summed E-state index contributed by atoms with van der Waals surface area (Å²) in [7, 11) is -2.15. The minimum Gasteiger partial charge on any atom is -1.00 e. The van der Waals surface area contributed by atoms with E-state index in [9.17, 15) is 0 Å². The van der Waals surface area contributed by atoms with Gasteiger partial charge in [0.25, 0.3) is 0 Å². The van der Waals surface area contributed by atoms with Crippen molar-refractivity contribution in [2.45, 2.75) is 45.6 Å². The van der Waals surface area contributed by atoms with Crippen LogP contribution in [0.15, 0.2) is 35.3 Å². The number of hydrogen-bond acceptors (Lipinski definition) is 1. The van der Waals surface area contributed by atoms with Gasteiger partial charge in [0.05, 0.1) is 0 Å². The standard InChI is InChI=1S/C10H19OSi2.C5H5.2ClH.Zr/c1-12(2)10-8-6-7-9(10)11-13(3,4)5;1-2-4-5-3-1;;;/h7,12H,6H2,1-5H3;1-3H,4H2;2*1H;/q2*-1;;;+4/p-2. The molecule has 6 heteroatoms. The van der Waals surface area contributed by atoms with Crippen molar-refractivity contribution < 1.29 is 55.4 Å². The second-order valence-electron chi connectivity index (χ2n) is 5.74. The molecule has 0 saturated carbocycles. The molecule has 0 amide bonds. The Morgan fingerprint density at radius 2 is 1.76 bits per heavy atom. The summed E-state index contributed by atoms with van der Waals surface area (Å²) in [4.78, 5) is 0. The molecule has 116 valence electrons. The summed E-state index contributed by atoms with van der Waals surface area (Å²) in [5.74, 6) is 1.15. The van der Waals surface area contributed by atoms with Crippen LogP contribution in [0.2, 0.25) is 32.7 Å². The van der Waals surface area contributed by atoms with E-state index < -0.39 is 17.1 Å². The van der Waals surface area contributed by atoms with Crippen LogP contribution < -0.4 is 24.8 Å². The van der Waals surface area contributed by atoms with Crippen LogP contribution in [-0.2, 0) is 30.6 Å². The van der Waals surface area contributed by atoms with Gasteiger partial charge in [-0.1, -0.05) is 18.9 Å². The third-order valence-corrected chi connectivity index (χ3v) is 4.90. The average molecular weight is 439 g/mol. The van der Waals surface area contributed by atoms with Crippen LogP contribution in [0.3, 0.4) is 0 Å². The van der Waals surface area contributed by atoms with Crippen molar-refractivity contribution in [3.05, 3.63) is 47.4 Å². The van der Waals surface area contributed by atoms with Crippen molar-refractivity contribution in [1.82, 2.24) is 0 Å². The molecule has 0 saturated heterocycles. The molecule has 0 aromatic heterocycles. The molecule has 2 aliphatic carbocycles. The Bertz CT molecular complexity index is 387. The minimum absolute atomic E-state index is 0.